The van der Waals surface area contributed by atoms with Gasteiger partial charge in [0.25, 0.3) is 0 Å². The number of hydrogen-bond acceptors (Lipinski definition) is 4. The van der Waals surface area contributed by atoms with Crippen molar-refractivity contribution >= 4 is 23.4 Å². The molecular formula is C15H21NO4S. The van der Waals surface area contributed by atoms with Crippen LogP contribution in [0.4, 0.5) is 4.79 Å². The molecule has 116 valence electrons. The second-order valence-electron chi connectivity index (χ2n) is 6.38. The number of carbonyl (C=O) groups excluding carboxylic acids is 1. The van der Waals surface area contributed by atoms with Crippen molar-refractivity contribution in [3.8, 4) is 0 Å². The number of carboxylic acids is 1. The summed E-state index contributed by atoms with van der Waals surface area (Å²) in [6.07, 6.45) is 0.913. The van der Waals surface area contributed by atoms with E-state index in [1.165, 1.54) is 16.2 Å². The number of nitrogens with zero attached hydrogens (tertiary/aromatic N) is 1. The molecule has 21 heavy (non-hydrogen) atoms. The van der Waals surface area contributed by atoms with E-state index >= 15 is 0 Å². The van der Waals surface area contributed by atoms with Crippen LogP contribution in [-0.2, 0) is 16.0 Å². The summed E-state index contributed by atoms with van der Waals surface area (Å²) in [6.45, 7) is 5.76. The minimum atomic E-state index is -1.19. The number of carboxylic acid groups (broad SMARTS) is 1. The predicted molar refractivity (Wildman–Crippen MR) is 80.6 cm³/mol. The summed E-state index contributed by atoms with van der Waals surface area (Å²) in [4.78, 5) is 25.6. The van der Waals surface area contributed by atoms with Crippen molar-refractivity contribution in [3.63, 3.8) is 0 Å². The molecule has 5 nitrogen and oxygen atoms in total. The van der Waals surface area contributed by atoms with Crippen molar-refractivity contribution in [1.82, 2.24) is 4.90 Å². The Morgan fingerprint density at radius 1 is 1.48 bits per heavy atom. The average Bonchev–Trinajstić information content (AvgIpc) is 2.96. The first-order valence-electron chi connectivity index (χ1n) is 7.00. The van der Waals surface area contributed by atoms with E-state index in [2.05, 4.69) is 0 Å². The van der Waals surface area contributed by atoms with Gasteiger partial charge in [-0.1, -0.05) is 0 Å². The summed E-state index contributed by atoms with van der Waals surface area (Å²) in [5.41, 5.74) is -0.881. The van der Waals surface area contributed by atoms with E-state index in [1.54, 1.807) is 20.8 Å². The minimum Gasteiger partial charge on any atom is -0.479 e. The highest BCUT2D eigenvalue weighted by Crippen LogP contribution is 2.35. The molecule has 1 aromatic rings. The van der Waals surface area contributed by atoms with E-state index < -0.39 is 23.2 Å². The molecule has 0 bridgehead atoms. The van der Waals surface area contributed by atoms with Crippen molar-refractivity contribution in [1.29, 1.82) is 0 Å². The fraction of sp³-hybridized carbons (Fsp3) is 0.600. The van der Waals surface area contributed by atoms with E-state index in [4.69, 9.17) is 4.74 Å². The Labute approximate surface area is 128 Å². The monoisotopic (exact) mass is 311 g/mol. The van der Waals surface area contributed by atoms with Gasteiger partial charge in [0.05, 0.1) is 0 Å². The molecule has 2 rings (SSSR count). The van der Waals surface area contributed by atoms with Gasteiger partial charge in [-0.25, -0.2) is 9.59 Å². The van der Waals surface area contributed by atoms with Gasteiger partial charge in [0.15, 0.2) is 0 Å². The minimum absolute atomic E-state index is 0.324. The van der Waals surface area contributed by atoms with E-state index in [9.17, 15) is 14.7 Å². The van der Waals surface area contributed by atoms with Crippen LogP contribution < -0.4 is 0 Å². The molecule has 6 heteroatoms. The zero-order chi connectivity index (χ0) is 15.7. The lowest BCUT2D eigenvalue weighted by Crippen LogP contribution is -2.55. The van der Waals surface area contributed by atoms with Crippen LogP contribution in [0.15, 0.2) is 16.8 Å². The van der Waals surface area contributed by atoms with E-state index in [-0.39, 0.29) is 0 Å². The van der Waals surface area contributed by atoms with Crippen LogP contribution in [0.2, 0.25) is 0 Å². The Hall–Kier alpha value is -1.56. The molecular weight excluding hydrogens is 290 g/mol. The second kappa shape index (κ2) is 5.67. The number of rotatable bonds is 3. The number of amides is 1. The van der Waals surface area contributed by atoms with Gasteiger partial charge in [0.2, 0.25) is 0 Å². The smallest absolute Gasteiger partial charge is 0.411 e. The number of likely N-dealkylation sites (tertiary alicyclic amines) is 1. The van der Waals surface area contributed by atoms with Gasteiger partial charge in [-0.2, -0.15) is 11.3 Å². The molecule has 0 radical (unpaired) electrons. The molecule has 0 saturated carbocycles. The van der Waals surface area contributed by atoms with E-state index in [1.807, 2.05) is 16.8 Å². The fourth-order valence-corrected chi connectivity index (χ4v) is 3.34. The van der Waals surface area contributed by atoms with Crippen LogP contribution in [0.5, 0.6) is 0 Å². The molecule has 0 aliphatic carbocycles. The molecule has 1 N–H and O–H groups in total. The highest BCUT2D eigenvalue weighted by Gasteiger charge is 2.51. The zero-order valence-electron chi connectivity index (χ0n) is 12.6. The molecule has 1 aromatic heterocycles. The third kappa shape index (κ3) is 3.37. The average molecular weight is 311 g/mol. The number of thiophene rings is 1. The Morgan fingerprint density at radius 2 is 2.19 bits per heavy atom. The van der Waals surface area contributed by atoms with Crippen molar-refractivity contribution < 1.29 is 19.4 Å². The van der Waals surface area contributed by atoms with Gasteiger partial charge in [0.1, 0.15) is 11.1 Å². The first-order valence-corrected chi connectivity index (χ1v) is 7.94. The Balaban J connectivity index is 2.26. The van der Waals surface area contributed by atoms with Crippen LogP contribution in [0, 0.1) is 0 Å². The largest absolute Gasteiger partial charge is 0.479 e. The number of aliphatic carboxylic acids is 1. The fourth-order valence-electron chi connectivity index (χ4n) is 2.67. The first kappa shape index (κ1) is 15.8. The SMILES string of the molecule is CC(C)(C)OC(=O)N1CCC[C@]1(Cc1ccsc1)C(=O)O. The molecule has 1 amide bonds. The summed E-state index contributed by atoms with van der Waals surface area (Å²) in [5.74, 6) is -0.961. The normalized spacial score (nSPS) is 22.3. The topological polar surface area (TPSA) is 66.8 Å². The van der Waals surface area contributed by atoms with Crippen molar-refractivity contribution in [3.05, 3.63) is 22.4 Å². The maximum atomic E-state index is 12.4. The number of ether oxygens (including phenoxy) is 1. The van der Waals surface area contributed by atoms with Crippen molar-refractivity contribution in [2.45, 2.75) is 51.2 Å². The standard InChI is InChI=1S/C15H21NO4S/c1-14(2,3)20-13(19)16-7-4-6-15(16,12(17)18)9-11-5-8-21-10-11/h5,8,10H,4,6-7,9H2,1-3H3,(H,17,18)/t15-/m0/s1. The van der Waals surface area contributed by atoms with Gasteiger partial charge in [-0.3, -0.25) is 4.90 Å². The zero-order valence-corrected chi connectivity index (χ0v) is 13.4. The van der Waals surface area contributed by atoms with Gasteiger partial charge in [-0.05, 0) is 56.0 Å². The summed E-state index contributed by atoms with van der Waals surface area (Å²) < 4.78 is 5.37. The van der Waals surface area contributed by atoms with Crippen LogP contribution in [0.1, 0.15) is 39.2 Å². The third-order valence-corrected chi connectivity index (χ3v) is 4.31. The van der Waals surface area contributed by atoms with E-state index in [0.29, 0.717) is 25.8 Å². The maximum absolute atomic E-state index is 12.4. The lowest BCUT2D eigenvalue weighted by molar-refractivity contribution is -0.149. The molecule has 1 saturated heterocycles. The summed E-state index contributed by atoms with van der Waals surface area (Å²) in [6, 6.07) is 1.90. The highest BCUT2D eigenvalue weighted by molar-refractivity contribution is 7.07. The molecule has 1 aliphatic rings. The summed E-state index contributed by atoms with van der Waals surface area (Å²) >= 11 is 1.53. The predicted octanol–water partition coefficient (Wildman–Crippen LogP) is 3.14. The molecule has 1 aliphatic heterocycles. The van der Waals surface area contributed by atoms with Crippen LogP contribution in [0.3, 0.4) is 0 Å². The Bertz CT molecular complexity index is 520. The van der Waals surface area contributed by atoms with Crippen LogP contribution in [-0.4, -0.2) is 39.8 Å². The van der Waals surface area contributed by atoms with Gasteiger partial charge in [-0.15, -0.1) is 0 Å². The van der Waals surface area contributed by atoms with Crippen molar-refractivity contribution in [2.75, 3.05) is 6.54 Å². The third-order valence-electron chi connectivity index (χ3n) is 3.58. The van der Waals surface area contributed by atoms with Crippen LogP contribution in [0.25, 0.3) is 0 Å². The van der Waals surface area contributed by atoms with Crippen molar-refractivity contribution in [2.24, 2.45) is 0 Å². The molecule has 2 heterocycles. The van der Waals surface area contributed by atoms with Crippen LogP contribution >= 0.6 is 11.3 Å². The molecule has 0 aromatic carbocycles. The highest BCUT2D eigenvalue weighted by atomic mass is 32.1. The van der Waals surface area contributed by atoms with Gasteiger partial charge < -0.3 is 9.84 Å². The molecule has 1 fully saturated rings. The lowest BCUT2D eigenvalue weighted by atomic mass is 9.89. The summed E-state index contributed by atoms with van der Waals surface area (Å²) in [7, 11) is 0. The second-order valence-corrected chi connectivity index (χ2v) is 7.16. The summed E-state index contributed by atoms with van der Waals surface area (Å²) in [5, 5.41) is 13.6. The van der Waals surface area contributed by atoms with Gasteiger partial charge in [0, 0.05) is 13.0 Å². The first-order chi connectivity index (χ1) is 9.74. The lowest BCUT2D eigenvalue weighted by Gasteiger charge is -2.35. The molecule has 0 spiro atoms. The van der Waals surface area contributed by atoms with Gasteiger partial charge >= 0.3 is 12.1 Å². The number of hydrogen-bond donors (Lipinski definition) is 1. The maximum Gasteiger partial charge on any atom is 0.411 e. The molecule has 0 unspecified atom stereocenters. The molecule has 1 atom stereocenters. The quantitative estimate of drug-likeness (QED) is 0.931. The number of carbonyl (C=O) groups is 2. The Kier molecular flexibility index (Phi) is 4.27. The van der Waals surface area contributed by atoms with E-state index in [0.717, 1.165) is 5.56 Å². The Morgan fingerprint density at radius 3 is 2.71 bits per heavy atom.